The second-order valence-corrected chi connectivity index (χ2v) is 7.47. The van der Waals surface area contributed by atoms with Crippen LogP contribution in [0, 0.1) is 0 Å². The SMILES string of the molecule is CN(Cc1ccc(Cl)s1)C(=O)/C=C/c1cc(Cl)c2c(c1)OCCO2. The lowest BCUT2D eigenvalue weighted by Crippen LogP contribution is -2.23. The van der Waals surface area contributed by atoms with E-state index in [-0.39, 0.29) is 5.91 Å². The molecule has 0 spiro atoms. The van der Waals surface area contributed by atoms with E-state index in [1.54, 1.807) is 24.1 Å². The van der Waals surface area contributed by atoms with Crippen molar-refractivity contribution >= 4 is 46.5 Å². The normalized spacial score (nSPS) is 13.3. The van der Waals surface area contributed by atoms with Gasteiger partial charge in [0.25, 0.3) is 0 Å². The van der Waals surface area contributed by atoms with Crippen molar-refractivity contribution in [3.63, 3.8) is 0 Å². The lowest BCUT2D eigenvalue weighted by atomic mass is 10.1. The predicted molar refractivity (Wildman–Crippen MR) is 97.3 cm³/mol. The largest absolute Gasteiger partial charge is 0.486 e. The van der Waals surface area contributed by atoms with Crippen LogP contribution in [0.1, 0.15) is 10.4 Å². The van der Waals surface area contributed by atoms with Crippen LogP contribution >= 0.6 is 34.5 Å². The van der Waals surface area contributed by atoms with Crippen molar-refractivity contribution in [2.75, 3.05) is 20.3 Å². The van der Waals surface area contributed by atoms with Crippen LogP contribution in [-0.2, 0) is 11.3 Å². The van der Waals surface area contributed by atoms with E-state index in [9.17, 15) is 4.79 Å². The number of likely N-dealkylation sites (N-methyl/N-ethyl adjacent to an activating group) is 1. The number of rotatable bonds is 4. The molecule has 0 fully saturated rings. The van der Waals surface area contributed by atoms with E-state index >= 15 is 0 Å². The summed E-state index contributed by atoms with van der Waals surface area (Å²) in [6, 6.07) is 7.30. The molecule has 7 heteroatoms. The molecule has 3 rings (SSSR count). The Morgan fingerprint density at radius 1 is 1.29 bits per heavy atom. The summed E-state index contributed by atoms with van der Waals surface area (Å²) in [4.78, 5) is 14.9. The lowest BCUT2D eigenvalue weighted by molar-refractivity contribution is -0.125. The van der Waals surface area contributed by atoms with E-state index in [1.807, 2.05) is 18.2 Å². The zero-order valence-electron chi connectivity index (χ0n) is 12.9. The molecule has 24 heavy (non-hydrogen) atoms. The minimum Gasteiger partial charge on any atom is -0.486 e. The second-order valence-electron chi connectivity index (χ2n) is 5.26. The van der Waals surface area contributed by atoms with Crippen LogP contribution in [-0.4, -0.2) is 31.1 Å². The van der Waals surface area contributed by atoms with Crippen LogP contribution in [0.25, 0.3) is 6.08 Å². The van der Waals surface area contributed by atoms with Gasteiger partial charge in [0.05, 0.1) is 15.9 Å². The topological polar surface area (TPSA) is 38.8 Å². The number of carbonyl (C=O) groups is 1. The fourth-order valence-corrected chi connectivity index (χ4v) is 3.68. The number of fused-ring (bicyclic) bond motifs is 1. The van der Waals surface area contributed by atoms with Crippen LogP contribution in [0.2, 0.25) is 9.36 Å². The molecule has 2 aromatic rings. The number of carbonyl (C=O) groups excluding carboxylic acids is 1. The van der Waals surface area contributed by atoms with E-state index in [1.165, 1.54) is 17.4 Å². The van der Waals surface area contributed by atoms with Crippen LogP contribution < -0.4 is 9.47 Å². The van der Waals surface area contributed by atoms with Crippen molar-refractivity contribution in [2.24, 2.45) is 0 Å². The minimum absolute atomic E-state index is 0.106. The average molecular weight is 384 g/mol. The molecule has 0 atom stereocenters. The summed E-state index contributed by atoms with van der Waals surface area (Å²) in [7, 11) is 1.75. The Kier molecular flexibility index (Phi) is 5.33. The lowest BCUT2D eigenvalue weighted by Gasteiger charge is -2.19. The fourth-order valence-electron chi connectivity index (χ4n) is 2.27. The van der Waals surface area contributed by atoms with Crippen LogP contribution in [0.4, 0.5) is 0 Å². The van der Waals surface area contributed by atoms with Crippen molar-refractivity contribution in [3.8, 4) is 11.5 Å². The summed E-state index contributed by atoms with van der Waals surface area (Å²) in [5, 5.41) is 0.473. The van der Waals surface area contributed by atoms with Gasteiger partial charge in [-0.1, -0.05) is 23.2 Å². The number of amides is 1. The molecule has 0 bridgehead atoms. The first kappa shape index (κ1) is 17.1. The molecule has 2 heterocycles. The maximum atomic E-state index is 12.2. The predicted octanol–water partition coefficient (Wildman–Crippen LogP) is 4.50. The Morgan fingerprint density at radius 3 is 2.83 bits per heavy atom. The van der Waals surface area contributed by atoms with Gasteiger partial charge in [0, 0.05) is 18.0 Å². The number of halogens is 2. The van der Waals surface area contributed by atoms with Crippen molar-refractivity contribution < 1.29 is 14.3 Å². The number of thiophene rings is 1. The molecule has 0 unspecified atom stereocenters. The van der Waals surface area contributed by atoms with Crippen LogP contribution in [0.15, 0.2) is 30.3 Å². The molecule has 4 nitrogen and oxygen atoms in total. The first-order valence-corrected chi connectivity index (χ1v) is 8.87. The highest BCUT2D eigenvalue weighted by Gasteiger charge is 2.16. The molecule has 0 saturated heterocycles. The highest BCUT2D eigenvalue weighted by atomic mass is 35.5. The van der Waals surface area contributed by atoms with Crippen molar-refractivity contribution in [1.29, 1.82) is 0 Å². The molecule has 1 aliphatic heterocycles. The van der Waals surface area contributed by atoms with Gasteiger partial charge in [0.2, 0.25) is 5.91 Å². The molecule has 1 aromatic heterocycles. The summed E-state index contributed by atoms with van der Waals surface area (Å²) >= 11 is 13.6. The fraction of sp³-hybridized carbons (Fsp3) is 0.235. The average Bonchev–Trinajstić information content (AvgIpc) is 2.97. The van der Waals surface area contributed by atoms with Gasteiger partial charge < -0.3 is 14.4 Å². The molecular weight excluding hydrogens is 369 g/mol. The highest BCUT2D eigenvalue weighted by Crippen LogP contribution is 2.38. The summed E-state index contributed by atoms with van der Waals surface area (Å²) < 4.78 is 11.7. The molecule has 0 aliphatic carbocycles. The van der Waals surface area contributed by atoms with Crippen LogP contribution in [0.3, 0.4) is 0 Å². The van der Waals surface area contributed by atoms with Gasteiger partial charge in [-0.3, -0.25) is 4.79 Å². The standard InChI is InChI=1S/C17H15Cl2NO3S/c1-20(10-12-3-4-15(19)24-12)16(21)5-2-11-8-13(18)17-14(9-11)22-6-7-23-17/h2-5,8-9H,6-7,10H2,1H3/b5-2+. The highest BCUT2D eigenvalue weighted by molar-refractivity contribution is 7.16. The molecule has 126 valence electrons. The zero-order chi connectivity index (χ0) is 17.1. The molecule has 1 aromatic carbocycles. The van der Waals surface area contributed by atoms with Crippen LogP contribution in [0.5, 0.6) is 11.5 Å². The molecule has 0 N–H and O–H groups in total. The molecule has 0 radical (unpaired) electrons. The number of benzene rings is 1. The maximum absolute atomic E-state index is 12.2. The quantitative estimate of drug-likeness (QED) is 0.729. The van der Waals surface area contributed by atoms with E-state index in [0.717, 1.165) is 10.4 Å². The van der Waals surface area contributed by atoms with E-state index in [4.69, 9.17) is 32.7 Å². The Bertz CT molecular complexity index is 788. The Hall–Kier alpha value is -1.69. The van der Waals surface area contributed by atoms with Crippen molar-refractivity contribution in [3.05, 3.63) is 50.1 Å². The van der Waals surface area contributed by atoms with Gasteiger partial charge in [0.1, 0.15) is 13.2 Å². The first-order chi connectivity index (χ1) is 11.5. The molecule has 0 saturated carbocycles. The van der Waals surface area contributed by atoms with Crippen molar-refractivity contribution in [1.82, 2.24) is 4.90 Å². The van der Waals surface area contributed by atoms with E-state index < -0.39 is 0 Å². The minimum atomic E-state index is -0.106. The summed E-state index contributed by atoms with van der Waals surface area (Å²) in [5.74, 6) is 1.05. The Morgan fingerprint density at radius 2 is 2.08 bits per heavy atom. The smallest absolute Gasteiger partial charge is 0.246 e. The van der Waals surface area contributed by atoms with Gasteiger partial charge in [0.15, 0.2) is 11.5 Å². The van der Waals surface area contributed by atoms with Gasteiger partial charge in [-0.2, -0.15) is 0 Å². The maximum Gasteiger partial charge on any atom is 0.246 e. The molecular formula is C17H15Cl2NO3S. The van der Waals surface area contributed by atoms with Gasteiger partial charge >= 0.3 is 0 Å². The number of hydrogen-bond donors (Lipinski definition) is 0. The van der Waals surface area contributed by atoms with Gasteiger partial charge in [-0.15, -0.1) is 11.3 Å². The zero-order valence-corrected chi connectivity index (χ0v) is 15.2. The first-order valence-electron chi connectivity index (χ1n) is 7.29. The monoisotopic (exact) mass is 383 g/mol. The number of ether oxygens (including phenoxy) is 2. The molecule has 1 aliphatic rings. The van der Waals surface area contributed by atoms with Gasteiger partial charge in [-0.05, 0) is 35.9 Å². The Labute approximate surface area is 154 Å². The number of nitrogens with zero attached hydrogens (tertiary/aromatic N) is 1. The van der Waals surface area contributed by atoms with Crippen molar-refractivity contribution in [2.45, 2.75) is 6.54 Å². The summed E-state index contributed by atoms with van der Waals surface area (Å²) in [6.45, 7) is 1.49. The summed E-state index contributed by atoms with van der Waals surface area (Å²) in [5.41, 5.74) is 0.783. The Balaban J connectivity index is 1.68. The third kappa shape index (κ3) is 4.04. The van der Waals surface area contributed by atoms with E-state index in [0.29, 0.717) is 40.6 Å². The summed E-state index contributed by atoms with van der Waals surface area (Å²) in [6.07, 6.45) is 3.22. The third-order valence-corrected chi connectivity index (χ3v) is 4.93. The molecule has 1 amide bonds. The van der Waals surface area contributed by atoms with E-state index in [2.05, 4.69) is 0 Å². The third-order valence-electron chi connectivity index (χ3n) is 3.44. The van der Waals surface area contributed by atoms with Gasteiger partial charge in [-0.25, -0.2) is 0 Å². The number of hydrogen-bond acceptors (Lipinski definition) is 4. The second kappa shape index (κ2) is 7.47.